The number of fused-ring (bicyclic) bond motifs is 2. The van der Waals surface area contributed by atoms with Crippen LogP contribution in [-0.2, 0) is 4.74 Å². The first kappa shape index (κ1) is 13.5. The number of amides is 1. The highest BCUT2D eigenvalue weighted by atomic mass is 16.5. The van der Waals surface area contributed by atoms with Crippen molar-refractivity contribution in [3.8, 4) is 11.5 Å². The highest BCUT2D eigenvalue weighted by Gasteiger charge is 2.29. The topological polar surface area (TPSA) is 47.6 Å². The first-order chi connectivity index (χ1) is 10.2. The highest BCUT2D eigenvalue weighted by molar-refractivity contribution is 5.70. The lowest BCUT2D eigenvalue weighted by atomic mass is 9.93. The average molecular weight is 283 g/mol. The van der Waals surface area contributed by atoms with Crippen LogP contribution in [0.2, 0.25) is 0 Å². The summed E-state index contributed by atoms with van der Waals surface area (Å²) in [6, 6.07) is 13.4. The number of alkyl carbamates (subject to hydrolysis) is 1. The van der Waals surface area contributed by atoms with Crippen molar-refractivity contribution in [2.75, 3.05) is 6.61 Å². The van der Waals surface area contributed by atoms with Gasteiger partial charge in [-0.25, -0.2) is 4.79 Å². The molecule has 0 aromatic heterocycles. The number of carbonyl (C=O) groups is 1. The van der Waals surface area contributed by atoms with E-state index < -0.39 is 6.09 Å². The number of para-hydroxylation sites is 2. The predicted octanol–water partition coefficient (Wildman–Crippen LogP) is 3.94. The molecule has 1 aliphatic rings. The van der Waals surface area contributed by atoms with Gasteiger partial charge in [-0.05, 0) is 25.5 Å². The summed E-state index contributed by atoms with van der Waals surface area (Å²) in [6.45, 7) is 4.13. The van der Waals surface area contributed by atoms with Crippen LogP contribution in [0.15, 0.2) is 42.5 Å². The molecule has 0 aliphatic carbocycles. The highest BCUT2D eigenvalue weighted by Crippen LogP contribution is 2.44. The summed E-state index contributed by atoms with van der Waals surface area (Å²) in [6.07, 6.45) is -0.424. The van der Waals surface area contributed by atoms with Gasteiger partial charge in [-0.1, -0.05) is 36.4 Å². The summed E-state index contributed by atoms with van der Waals surface area (Å²) in [7, 11) is 0. The number of rotatable bonds is 2. The second-order valence-electron chi connectivity index (χ2n) is 4.93. The molecule has 0 radical (unpaired) electrons. The van der Waals surface area contributed by atoms with Crippen molar-refractivity contribution >= 4 is 6.09 Å². The van der Waals surface area contributed by atoms with Crippen molar-refractivity contribution < 1.29 is 14.3 Å². The third kappa shape index (κ3) is 2.44. The van der Waals surface area contributed by atoms with Gasteiger partial charge in [0.2, 0.25) is 0 Å². The number of ether oxygens (including phenoxy) is 2. The molecule has 0 bridgehead atoms. The standard InChI is InChI=1S/C17H17NO3/c1-3-20-17(19)18-15-12-8-4-5-10-14(12)21-16-11(2)7-6-9-13(15)16/h4-10,15H,3H2,1-2H3,(H,18,19)/t15-/m1/s1. The molecule has 0 fully saturated rings. The zero-order chi connectivity index (χ0) is 14.8. The smallest absolute Gasteiger partial charge is 0.407 e. The third-order valence-electron chi connectivity index (χ3n) is 3.53. The quantitative estimate of drug-likeness (QED) is 0.908. The molecule has 1 N–H and O–H groups in total. The largest absolute Gasteiger partial charge is 0.456 e. The molecule has 4 nitrogen and oxygen atoms in total. The van der Waals surface area contributed by atoms with Gasteiger partial charge in [-0.15, -0.1) is 0 Å². The molecule has 108 valence electrons. The van der Waals surface area contributed by atoms with E-state index in [2.05, 4.69) is 5.32 Å². The Labute approximate surface area is 123 Å². The number of hydrogen-bond donors (Lipinski definition) is 1. The molecular weight excluding hydrogens is 266 g/mol. The normalized spacial score (nSPS) is 15.4. The molecule has 1 aliphatic heterocycles. The Hall–Kier alpha value is -2.49. The number of benzene rings is 2. The zero-order valence-corrected chi connectivity index (χ0v) is 12.1. The van der Waals surface area contributed by atoms with E-state index in [4.69, 9.17) is 9.47 Å². The zero-order valence-electron chi connectivity index (χ0n) is 12.1. The second kappa shape index (κ2) is 5.48. The van der Waals surface area contributed by atoms with Crippen LogP contribution >= 0.6 is 0 Å². The molecule has 1 atom stereocenters. The molecular formula is C17H17NO3. The minimum absolute atomic E-state index is 0.260. The van der Waals surface area contributed by atoms with Crippen LogP contribution in [0.3, 0.4) is 0 Å². The van der Waals surface area contributed by atoms with Gasteiger partial charge in [0.05, 0.1) is 12.6 Å². The summed E-state index contributed by atoms with van der Waals surface area (Å²) < 4.78 is 11.0. The molecule has 1 heterocycles. The first-order valence-corrected chi connectivity index (χ1v) is 7.00. The SMILES string of the molecule is CCOC(=O)N[C@@H]1c2ccccc2Oc2c(C)cccc21. The lowest BCUT2D eigenvalue weighted by Gasteiger charge is -2.29. The van der Waals surface area contributed by atoms with Crippen molar-refractivity contribution in [3.63, 3.8) is 0 Å². The van der Waals surface area contributed by atoms with Crippen molar-refractivity contribution in [1.29, 1.82) is 0 Å². The van der Waals surface area contributed by atoms with Crippen LogP contribution in [0.25, 0.3) is 0 Å². The van der Waals surface area contributed by atoms with Crippen molar-refractivity contribution in [2.45, 2.75) is 19.9 Å². The fourth-order valence-corrected chi connectivity index (χ4v) is 2.58. The van der Waals surface area contributed by atoms with E-state index in [1.807, 2.05) is 49.4 Å². The number of aryl methyl sites for hydroxylation is 1. The summed E-state index contributed by atoms with van der Waals surface area (Å²) in [5.41, 5.74) is 2.92. The monoisotopic (exact) mass is 283 g/mol. The molecule has 2 aromatic carbocycles. The summed E-state index contributed by atoms with van der Waals surface area (Å²) >= 11 is 0. The second-order valence-corrected chi connectivity index (χ2v) is 4.93. The van der Waals surface area contributed by atoms with Gasteiger partial charge in [0.25, 0.3) is 0 Å². The van der Waals surface area contributed by atoms with Crippen LogP contribution in [-0.4, -0.2) is 12.7 Å². The van der Waals surface area contributed by atoms with E-state index in [0.717, 1.165) is 28.2 Å². The van der Waals surface area contributed by atoms with E-state index in [0.29, 0.717) is 6.61 Å². The van der Waals surface area contributed by atoms with Gasteiger partial charge in [0.1, 0.15) is 11.5 Å². The van der Waals surface area contributed by atoms with Crippen LogP contribution in [0.5, 0.6) is 11.5 Å². The molecule has 2 aromatic rings. The van der Waals surface area contributed by atoms with Crippen LogP contribution < -0.4 is 10.1 Å². The van der Waals surface area contributed by atoms with E-state index in [1.165, 1.54) is 0 Å². The number of nitrogens with one attached hydrogen (secondary N) is 1. The Morgan fingerprint density at radius 3 is 2.76 bits per heavy atom. The Morgan fingerprint density at radius 2 is 1.95 bits per heavy atom. The molecule has 21 heavy (non-hydrogen) atoms. The Kier molecular flexibility index (Phi) is 3.52. The van der Waals surface area contributed by atoms with Crippen molar-refractivity contribution in [3.05, 3.63) is 59.2 Å². The fourth-order valence-electron chi connectivity index (χ4n) is 2.58. The van der Waals surface area contributed by atoms with E-state index >= 15 is 0 Å². The molecule has 0 unspecified atom stereocenters. The van der Waals surface area contributed by atoms with Gasteiger partial charge < -0.3 is 14.8 Å². The van der Waals surface area contributed by atoms with Gasteiger partial charge >= 0.3 is 6.09 Å². The molecule has 1 amide bonds. The molecule has 0 spiro atoms. The molecule has 0 saturated carbocycles. The summed E-state index contributed by atoms with van der Waals surface area (Å²) in [5, 5.41) is 2.92. The van der Waals surface area contributed by atoms with Gasteiger partial charge in [-0.3, -0.25) is 0 Å². The Bertz CT molecular complexity index is 681. The molecule has 4 heteroatoms. The van der Waals surface area contributed by atoms with Crippen LogP contribution in [0.4, 0.5) is 4.79 Å². The minimum atomic E-state index is -0.424. The Balaban J connectivity index is 2.06. The van der Waals surface area contributed by atoms with E-state index in [-0.39, 0.29) is 6.04 Å². The summed E-state index contributed by atoms with van der Waals surface area (Å²) in [4.78, 5) is 11.8. The predicted molar refractivity (Wildman–Crippen MR) is 79.7 cm³/mol. The molecule has 0 saturated heterocycles. The maximum atomic E-state index is 11.8. The third-order valence-corrected chi connectivity index (χ3v) is 3.53. The van der Waals surface area contributed by atoms with Gasteiger partial charge in [-0.2, -0.15) is 0 Å². The average Bonchev–Trinajstić information content (AvgIpc) is 2.48. The minimum Gasteiger partial charge on any atom is -0.456 e. The van der Waals surface area contributed by atoms with Gasteiger partial charge in [0.15, 0.2) is 0 Å². The lowest BCUT2D eigenvalue weighted by molar-refractivity contribution is 0.149. The number of hydrogen-bond acceptors (Lipinski definition) is 3. The fraction of sp³-hybridized carbons (Fsp3) is 0.235. The maximum Gasteiger partial charge on any atom is 0.407 e. The van der Waals surface area contributed by atoms with E-state index in [1.54, 1.807) is 6.92 Å². The summed E-state index contributed by atoms with van der Waals surface area (Å²) in [5.74, 6) is 1.57. The Morgan fingerprint density at radius 1 is 1.19 bits per heavy atom. The van der Waals surface area contributed by atoms with Crippen LogP contribution in [0, 0.1) is 6.92 Å². The van der Waals surface area contributed by atoms with Crippen molar-refractivity contribution in [1.82, 2.24) is 5.32 Å². The molecule has 3 rings (SSSR count). The first-order valence-electron chi connectivity index (χ1n) is 7.00. The van der Waals surface area contributed by atoms with Crippen molar-refractivity contribution in [2.24, 2.45) is 0 Å². The maximum absolute atomic E-state index is 11.8. The number of carbonyl (C=O) groups excluding carboxylic acids is 1. The van der Waals surface area contributed by atoms with E-state index in [9.17, 15) is 4.79 Å². The van der Waals surface area contributed by atoms with Crippen LogP contribution in [0.1, 0.15) is 29.7 Å². The van der Waals surface area contributed by atoms with Gasteiger partial charge in [0, 0.05) is 11.1 Å². The lowest BCUT2D eigenvalue weighted by Crippen LogP contribution is -2.31.